The van der Waals surface area contributed by atoms with E-state index < -0.39 is 0 Å². The van der Waals surface area contributed by atoms with Crippen LogP contribution in [0.15, 0.2) is 66.7 Å². The molecule has 1 aliphatic heterocycles. The molecule has 5 heteroatoms. The standard InChI is InChI=1S/C30H33N3O2/c1-20(2)24-11-5-8-15-28(24)35-17-16-32-27-13-7-6-12-25(27)31-30(32)23-18-29(34)33(19-23)26-14-9-10-21(3)22(26)4/h5-15,20,23H,16-19H2,1-4H3. The largest absolute Gasteiger partial charge is 0.491 e. The summed E-state index contributed by atoms with van der Waals surface area (Å²) in [5.41, 5.74) is 6.63. The molecule has 1 fully saturated rings. The molecule has 180 valence electrons. The van der Waals surface area contributed by atoms with Crippen LogP contribution in [0.25, 0.3) is 11.0 Å². The summed E-state index contributed by atoms with van der Waals surface area (Å²) in [6.45, 7) is 10.4. The van der Waals surface area contributed by atoms with Gasteiger partial charge in [-0.15, -0.1) is 0 Å². The van der Waals surface area contributed by atoms with Gasteiger partial charge in [-0.1, -0.05) is 56.3 Å². The summed E-state index contributed by atoms with van der Waals surface area (Å²) in [5, 5.41) is 0. The monoisotopic (exact) mass is 467 g/mol. The normalized spacial score (nSPS) is 16.0. The van der Waals surface area contributed by atoms with Gasteiger partial charge in [0, 0.05) is 24.6 Å². The predicted octanol–water partition coefficient (Wildman–Crippen LogP) is 6.38. The van der Waals surface area contributed by atoms with Gasteiger partial charge >= 0.3 is 0 Å². The number of nitrogens with zero attached hydrogens (tertiary/aromatic N) is 3. The molecule has 0 bridgehead atoms. The zero-order valence-corrected chi connectivity index (χ0v) is 21.0. The molecule has 2 heterocycles. The molecular weight excluding hydrogens is 434 g/mol. The lowest BCUT2D eigenvalue weighted by Gasteiger charge is -2.20. The predicted molar refractivity (Wildman–Crippen MR) is 141 cm³/mol. The first-order valence-corrected chi connectivity index (χ1v) is 12.5. The van der Waals surface area contributed by atoms with Gasteiger partial charge in [-0.25, -0.2) is 4.98 Å². The van der Waals surface area contributed by atoms with Crippen molar-refractivity contribution in [3.05, 3.63) is 89.2 Å². The topological polar surface area (TPSA) is 47.4 Å². The molecule has 4 aromatic rings. The van der Waals surface area contributed by atoms with E-state index in [9.17, 15) is 4.79 Å². The Morgan fingerprint density at radius 3 is 2.60 bits per heavy atom. The van der Waals surface area contributed by atoms with Crippen molar-refractivity contribution < 1.29 is 9.53 Å². The smallest absolute Gasteiger partial charge is 0.227 e. The third-order valence-electron chi connectivity index (χ3n) is 7.15. The number of amides is 1. The highest BCUT2D eigenvalue weighted by atomic mass is 16.5. The van der Waals surface area contributed by atoms with Crippen LogP contribution in [0.5, 0.6) is 5.75 Å². The highest BCUT2D eigenvalue weighted by Crippen LogP contribution is 2.35. The summed E-state index contributed by atoms with van der Waals surface area (Å²) in [6.07, 6.45) is 0.466. The van der Waals surface area contributed by atoms with Gasteiger partial charge in [0.2, 0.25) is 5.91 Å². The molecule has 0 spiro atoms. The maximum atomic E-state index is 13.1. The molecule has 3 aromatic carbocycles. The molecule has 1 amide bonds. The van der Waals surface area contributed by atoms with Crippen molar-refractivity contribution in [2.24, 2.45) is 0 Å². The summed E-state index contributed by atoms with van der Waals surface area (Å²) in [6, 6.07) is 22.6. The lowest BCUT2D eigenvalue weighted by Crippen LogP contribution is -2.25. The van der Waals surface area contributed by atoms with Crippen molar-refractivity contribution in [2.45, 2.75) is 52.5 Å². The summed E-state index contributed by atoms with van der Waals surface area (Å²) in [7, 11) is 0. The summed E-state index contributed by atoms with van der Waals surface area (Å²) < 4.78 is 8.50. The number of para-hydroxylation sites is 3. The molecule has 1 saturated heterocycles. The summed E-state index contributed by atoms with van der Waals surface area (Å²) >= 11 is 0. The van der Waals surface area contributed by atoms with Crippen LogP contribution in [0.3, 0.4) is 0 Å². The lowest BCUT2D eigenvalue weighted by atomic mass is 10.0. The number of hydrogen-bond donors (Lipinski definition) is 0. The van der Waals surface area contributed by atoms with Crippen LogP contribution < -0.4 is 9.64 Å². The van der Waals surface area contributed by atoms with E-state index in [1.165, 1.54) is 11.1 Å². The number of ether oxygens (including phenoxy) is 1. The van der Waals surface area contributed by atoms with Crippen LogP contribution in [0.2, 0.25) is 0 Å². The van der Waals surface area contributed by atoms with Crippen LogP contribution in [0.4, 0.5) is 5.69 Å². The Morgan fingerprint density at radius 1 is 1.00 bits per heavy atom. The number of imidazole rings is 1. The van der Waals surface area contributed by atoms with Gasteiger partial charge in [0.1, 0.15) is 18.2 Å². The Kier molecular flexibility index (Phi) is 6.33. The minimum atomic E-state index is 0.0396. The Balaban J connectivity index is 1.42. The van der Waals surface area contributed by atoms with E-state index in [0.29, 0.717) is 32.0 Å². The van der Waals surface area contributed by atoms with Gasteiger partial charge in [0.05, 0.1) is 17.6 Å². The van der Waals surface area contributed by atoms with E-state index in [2.05, 4.69) is 56.5 Å². The number of benzene rings is 3. The van der Waals surface area contributed by atoms with Gasteiger partial charge in [-0.2, -0.15) is 0 Å². The minimum Gasteiger partial charge on any atom is -0.491 e. The minimum absolute atomic E-state index is 0.0396. The number of fused-ring (bicyclic) bond motifs is 1. The molecule has 0 radical (unpaired) electrons. The molecule has 1 unspecified atom stereocenters. The Labute approximate surface area is 207 Å². The van der Waals surface area contributed by atoms with Crippen LogP contribution in [-0.4, -0.2) is 28.6 Å². The van der Waals surface area contributed by atoms with E-state index in [0.717, 1.165) is 33.9 Å². The Hall–Kier alpha value is -3.60. The van der Waals surface area contributed by atoms with E-state index in [1.54, 1.807) is 0 Å². The Morgan fingerprint density at radius 2 is 1.77 bits per heavy atom. The summed E-state index contributed by atoms with van der Waals surface area (Å²) in [4.78, 5) is 20.0. The third-order valence-corrected chi connectivity index (χ3v) is 7.15. The quantitative estimate of drug-likeness (QED) is 0.317. The maximum Gasteiger partial charge on any atom is 0.227 e. The SMILES string of the molecule is Cc1cccc(N2CC(c3nc4ccccc4n3CCOc3ccccc3C(C)C)CC2=O)c1C. The van der Waals surface area contributed by atoms with Crippen LogP contribution in [0.1, 0.15) is 54.6 Å². The van der Waals surface area contributed by atoms with Gasteiger partial charge in [0.25, 0.3) is 0 Å². The first-order chi connectivity index (χ1) is 16.9. The molecular formula is C30H33N3O2. The maximum absolute atomic E-state index is 13.1. The van der Waals surface area contributed by atoms with Gasteiger partial charge < -0.3 is 14.2 Å². The van der Waals surface area contributed by atoms with E-state index in [4.69, 9.17) is 9.72 Å². The van der Waals surface area contributed by atoms with Crippen molar-refractivity contribution in [2.75, 3.05) is 18.1 Å². The van der Waals surface area contributed by atoms with Crippen molar-refractivity contribution >= 4 is 22.6 Å². The van der Waals surface area contributed by atoms with Gasteiger partial charge in [-0.05, 0) is 60.7 Å². The summed E-state index contributed by atoms with van der Waals surface area (Å²) in [5.74, 6) is 2.50. The molecule has 1 aromatic heterocycles. The van der Waals surface area contributed by atoms with Gasteiger partial charge in [-0.3, -0.25) is 4.79 Å². The van der Waals surface area contributed by atoms with Crippen LogP contribution in [-0.2, 0) is 11.3 Å². The van der Waals surface area contributed by atoms with Gasteiger partial charge in [0.15, 0.2) is 0 Å². The fraction of sp³-hybridized carbons (Fsp3) is 0.333. The molecule has 5 nitrogen and oxygen atoms in total. The fourth-order valence-corrected chi connectivity index (χ4v) is 5.12. The van der Waals surface area contributed by atoms with Crippen molar-refractivity contribution in [3.8, 4) is 5.75 Å². The highest BCUT2D eigenvalue weighted by Gasteiger charge is 2.35. The number of anilines is 1. The zero-order chi connectivity index (χ0) is 24.5. The van der Waals surface area contributed by atoms with Crippen molar-refractivity contribution in [1.29, 1.82) is 0 Å². The van der Waals surface area contributed by atoms with E-state index in [1.807, 2.05) is 47.4 Å². The van der Waals surface area contributed by atoms with Crippen molar-refractivity contribution in [3.63, 3.8) is 0 Å². The second-order valence-corrected chi connectivity index (χ2v) is 9.78. The van der Waals surface area contributed by atoms with Crippen LogP contribution >= 0.6 is 0 Å². The molecule has 5 rings (SSSR count). The number of aryl methyl sites for hydroxylation is 1. The second-order valence-electron chi connectivity index (χ2n) is 9.78. The molecule has 1 aliphatic rings. The molecule has 0 aliphatic carbocycles. The molecule has 0 N–H and O–H groups in total. The fourth-order valence-electron chi connectivity index (χ4n) is 5.12. The number of hydrogen-bond acceptors (Lipinski definition) is 3. The number of rotatable bonds is 7. The van der Waals surface area contributed by atoms with E-state index in [-0.39, 0.29) is 11.8 Å². The lowest BCUT2D eigenvalue weighted by molar-refractivity contribution is -0.117. The number of carbonyl (C=O) groups excluding carboxylic acids is 1. The number of carbonyl (C=O) groups is 1. The second kappa shape index (κ2) is 9.57. The third kappa shape index (κ3) is 4.43. The van der Waals surface area contributed by atoms with E-state index >= 15 is 0 Å². The van der Waals surface area contributed by atoms with Crippen LogP contribution in [0, 0.1) is 13.8 Å². The average molecular weight is 468 g/mol. The highest BCUT2D eigenvalue weighted by molar-refractivity contribution is 5.97. The zero-order valence-electron chi connectivity index (χ0n) is 21.0. The first kappa shape index (κ1) is 23.2. The molecule has 35 heavy (non-hydrogen) atoms. The first-order valence-electron chi connectivity index (χ1n) is 12.5. The Bertz CT molecular complexity index is 1370. The average Bonchev–Trinajstić information content (AvgIpc) is 3.41. The molecule has 1 atom stereocenters. The van der Waals surface area contributed by atoms with Crippen molar-refractivity contribution in [1.82, 2.24) is 9.55 Å². The molecule has 0 saturated carbocycles. The number of aromatic nitrogens is 2.